The van der Waals surface area contributed by atoms with E-state index in [0.717, 1.165) is 12.0 Å². The smallest absolute Gasteiger partial charge is 0.253 e. The highest BCUT2D eigenvalue weighted by atomic mass is 32.2. The third-order valence-corrected chi connectivity index (χ3v) is 6.00. The Kier molecular flexibility index (Phi) is 7.32. The molecule has 162 valence electrons. The quantitative estimate of drug-likeness (QED) is 0.531. The van der Waals surface area contributed by atoms with Gasteiger partial charge >= 0.3 is 0 Å². The summed E-state index contributed by atoms with van der Waals surface area (Å²) in [7, 11) is -3.75. The normalized spacial score (nSPS) is 11.3. The van der Waals surface area contributed by atoms with Crippen molar-refractivity contribution in [3.63, 3.8) is 0 Å². The zero-order chi connectivity index (χ0) is 22.3. The monoisotopic (exact) mass is 440 g/mol. The van der Waals surface area contributed by atoms with E-state index in [1.165, 1.54) is 29.1 Å². The van der Waals surface area contributed by atoms with E-state index in [2.05, 4.69) is 15.0 Å². The molecule has 1 amide bonds. The number of benzene rings is 2. The van der Waals surface area contributed by atoms with Crippen LogP contribution < -0.4 is 15.6 Å². The van der Waals surface area contributed by atoms with Crippen molar-refractivity contribution in [2.45, 2.75) is 31.2 Å². The summed E-state index contributed by atoms with van der Waals surface area (Å²) in [5, 5.41) is 2.71. The van der Waals surface area contributed by atoms with Crippen LogP contribution in [-0.2, 0) is 21.4 Å². The number of nitrogens with zero attached hydrogens (tertiary/aromatic N) is 2. The van der Waals surface area contributed by atoms with Crippen LogP contribution in [0, 0.1) is 0 Å². The van der Waals surface area contributed by atoms with Crippen LogP contribution in [-0.4, -0.2) is 30.4 Å². The maximum atomic E-state index is 12.5. The fourth-order valence-electron chi connectivity index (χ4n) is 2.91. The summed E-state index contributed by atoms with van der Waals surface area (Å²) >= 11 is 0. The first kappa shape index (κ1) is 22.4. The maximum absolute atomic E-state index is 12.5. The van der Waals surface area contributed by atoms with Gasteiger partial charge in [0.25, 0.3) is 5.56 Å². The number of nitrogens with one attached hydrogen (secondary N) is 2. The average Bonchev–Trinajstić information content (AvgIpc) is 2.76. The first-order chi connectivity index (χ1) is 14.9. The SMILES string of the molecule is CCCC(=O)Nc1ccc(S(=O)(=O)NCCn2cnc(-c3ccccc3)cc2=O)cc1. The van der Waals surface area contributed by atoms with E-state index in [1.54, 1.807) is 12.1 Å². The van der Waals surface area contributed by atoms with Gasteiger partial charge in [-0.3, -0.25) is 14.2 Å². The molecule has 0 unspecified atom stereocenters. The van der Waals surface area contributed by atoms with Crippen LogP contribution in [0.4, 0.5) is 5.69 Å². The van der Waals surface area contributed by atoms with Crippen LogP contribution in [0.25, 0.3) is 11.3 Å². The van der Waals surface area contributed by atoms with Crippen molar-refractivity contribution in [3.8, 4) is 11.3 Å². The van der Waals surface area contributed by atoms with Gasteiger partial charge in [-0.2, -0.15) is 0 Å². The fraction of sp³-hybridized carbons (Fsp3) is 0.227. The first-order valence-electron chi connectivity index (χ1n) is 9.90. The topological polar surface area (TPSA) is 110 Å². The molecular weight excluding hydrogens is 416 g/mol. The van der Waals surface area contributed by atoms with Gasteiger partial charge in [0, 0.05) is 36.8 Å². The Bertz CT molecular complexity index is 1190. The Labute approximate surface area is 181 Å². The summed E-state index contributed by atoms with van der Waals surface area (Å²) in [4.78, 5) is 28.3. The second kappa shape index (κ2) is 10.1. The Balaban J connectivity index is 1.59. The third kappa shape index (κ3) is 6.09. The molecule has 0 saturated heterocycles. The van der Waals surface area contributed by atoms with Crippen molar-refractivity contribution < 1.29 is 13.2 Å². The van der Waals surface area contributed by atoms with Crippen molar-refractivity contribution in [1.29, 1.82) is 0 Å². The van der Waals surface area contributed by atoms with Gasteiger partial charge in [0.15, 0.2) is 0 Å². The van der Waals surface area contributed by atoms with Crippen LogP contribution in [0.2, 0.25) is 0 Å². The van der Waals surface area contributed by atoms with Crippen LogP contribution in [0.1, 0.15) is 19.8 Å². The molecule has 0 bridgehead atoms. The molecule has 0 aliphatic heterocycles. The van der Waals surface area contributed by atoms with Crippen molar-refractivity contribution in [2.24, 2.45) is 0 Å². The van der Waals surface area contributed by atoms with Gasteiger partial charge in [0.2, 0.25) is 15.9 Å². The minimum absolute atomic E-state index is 0.0313. The van der Waals surface area contributed by atoms with E-state index in [1.807, 2.05) is 37.3 Å². The molecule has 0 fully saturated rings. The fourth-order valence-corrected chi connectivity index (χ4v) is 3.93. The van der Waals surface area contributed by atoms with Gasteiger partial charge in [-0.15, -0.1) is 0 Å². The van der Waals surface area contributed by atoms with E-state index in [4.69, 9.17) is 0 Å². The number of hydrogen-bond donors (Lipinski definition) is 2. The summed E-state index contributed by atoms with van der Waals surface area (Å²) in [6.07, 6.45) is 2.55. The maximum Gasteiger partial charge on any atom is 0.253 e. The molecule has 1 aromatic heterocycles. The molecule has 0 aliphatic carbocycles. The number of amides is 1. The second-order valence-electron chi connectivity index (χ2n) is 6.89. The Morgan fingerprint density at radius 2 is 1.77 bits per heavy atom. The Hall–Kier alpha value is -3.30. The summed E-state index contributed by atoms with van der Waals surface area (Å²) in [5.41, 5.74) is 1.67. The van der Waals surface area contributed by atoms with Crippen molar-refractivity contribution in [2.75, 3.05) is 11.9 Å². The third-order valence-electron chi connectivity index (χ3n) is 4.52. The molecule has 0 saturated carbocycles. The van der Waals surface area contributed by atoms with E-state index >= 15 is 0 Å². The lowest BCUT2D eigenvalue weighted by molar-refractivity contribution is -0.116. The summed E-state index contributed by atoms with van der Waals surface area (Å²) in [6.45, 7) is 2.08. The van der Waals surface area contributed by atoms with Crippen LogP contribution >= 0.6 is 0 Å². The second-order valence-corrected chi connectivity index (χ2v) is 8.66. The lowest BCUT2D eigenvalue weighted by Gasteiger charge is -2.10. The van der Waals surface area contributed by atoms with Crippen LogP contribution in [0.15, 0.2) is 76.7 Å². The number of sulfonamides is 1. The highest BCUT2D eigenvalue weighted by Crippen LogP contribution is 2.15. The number of aromatic nitrogens is 2. The van der Waals surface area contributed by atoms with Crippen LogP contribution in [0.3, 0.4) is 0 Å². The zero-order valence-corrected chi connectivity index (χ0v) is 17.9. The zero-order valence-electron chi connectivity index (χ0n) is 17.1. The van der Waals surface area contributed by atoms with E-state index < -0.39 is 10.0 Å². The number of rotatable bonds is 9. The molecule has 9 heteroatoms. The lowest BCUT2D eigenvalue weighted by atomic mass is 10.1. The molecule has 0 radical (unpaired) electrons. The minimum Gasteiger partial charge on any atom is -0.326 e. The van der Waals surface area contributed by atoms with Gasteiger partial charge in [-0.25, -0.2) is 18.1 Å². The molecule has 3 aromatic rings. The first-order valence-corrected chi connectivity index (χ1v) is 11.4. The molecule has 0 atom stereocenters. The molecule has 0 spiro atoms. The summed E-state index contributed by atoms with van der Waals surface area (Å²) < 4.78 is 28.8. The number of carbonyl (C=O) groups is 1. The van der Waals surface area contributed by atoms with Crippen molar-refractivity contribution in [1.82, 2.24) is 14.3 Å². The molecule has 2 N–H and O–H groups in total. The van der Waals surface area contributed by atoms with Crippen LogP contribution in [0.5, 0.6) is 0 Å². The lowest BCUT2D eigenvalue weighted by Crippen LogP contribution is -2.30. The van der Waals surface area contributed by atoms with E-state index in [9.17, 15) is 18.0 Å². The van der Waals surface area contributed by atoms with Gasteiger partial charge < -0.3 is 5.32 Å². The summed E-state index contributed by atoms with van der Waals surface area (Å²) in [6, 6.07) is 16.7. The Morgan fingerprint density at radius 1 is 1.06 bits per heavy atom. The average molecular weight is 441 g/mol. The van der Waals surface area contributed by atoms with Gasteiger partial charge in [-0.05, 0) is 30.7 Å². The number of carbonyl (C=O) groups excluding carboxylic acids is 1. The highest BCUT2D eigenvalue weighted by molar-refractivity contribution is 7.89. The molecule has 8 nitrogen and oxygen atoms in total. The number of hydrogen-bond acceptors (Lipinski definition) is 5. The molecule has 2 aromatic carbocycles. The predicted octanol–water partition coefficient (Wildman–Crippen LogP) is 2.63. The highest BCUT2D eigenvalue weighted by Gasteiger charge is 2.14. The molecule has 3 rings (SSSR count). The van der Waals surface area contributed by atoms with Crippen molar-refractivity contribution in [3.05, 3.63) is 77.3 Å². The van der Waals surface area contributed by atoms with Gasteiger partial charge in [0.1, 0.15) is 0 Å². The van der Waals surface area contributed by atoms with Gasteiger partial charge in [-0.1, -0.05) is 37.3 Å². The molecule has 31 heavy (non-hydrogen) atoms. The number of anilines is 1. The molecular formula is C22H24N4O4S. The van der Waals surface area contributed by atoms with Gasteiger partial charge in [0.05, 0.1) is 16.9 Å². The Morgan fingerprint density at radius 3 is 2.42 bits per heavy atom. The van der Waals surface area contributed by atoms with E-state index in [-0.39, 0.29) is 29.5 Å². The molecule has 0 aliphatic rings. The van der Waals surface area contributed by atoms with E-state index in [0.29, 0.717) is 17.8 Å². The summed E-state index contributed by atoms with van der Waals surface area (Å²) in [5.74, 6) is -0.117. The predicted molar refractivity (Wildman–Crippen MR) is 119 cm³/mol. The largest absolute Gasteiger partial charge is 0.326 e. The van der Waals surface area contributed by atoms with Crippen molar-refractivity contribution >= 4 is 21.6 Å². The molecule has 1 heterocycles. The minimum atomic E-state index is -3.75. The standard InChI is InChI=1S/C22H24N4O4S/c1-2-6-21(27)25-18-9-11-19(12-10-18)31(29,30)24-13-14-26-16-23-20(15-22(26)28)17-7-4-3-5-8-17/h3-5,7-12,15-16,24H,2,6,13-14H2,1H3,(H,25,27).